The fourth-order valence-corrected chi connectivity index (χ4v) is 12.1. The number of hydrogen-bond donors (Lipinski definition) is 0. The van der Waals surface area contributed by atoms with Gasteiger partial charge in [-0.3, -0.25) is 0 Å². The lowest BCUT2D eigenvalue weighted by molar-refractivity contribution is 0.691. The Morgan fingerprint density at radius 1 is 0.359 bits per heavy atom. The number of rotatable bonds is 4. The molecule has 2 aliphatic rings. The van der Waals surface area contributed by atoms with E-state index in [1.54, 1.807) is 0 Å². The fraction of sp³-hybridized carbons (Fsp3) is 0.0169. The van der Waals surface area contributed by atoms with Crippen molar-refractivity contribution in [3.63, 3.8) is 0 Å². The van der Waals surface area contributed by atoms with Gasteiger partial charge in [-0.25, -0.2) is 9.97 Å². The first kappa shape index (κ1) is 35.6. The molecular formula is C59H36N4S. The van der Waals surface area contributed by atoms with Crippen LogP contribution in [0.3, 0.4) is 0 Å². The smallest absolute Gasteiger partial charge is 0.160 e. The van der Waals surface area contributed by atoms with Crippen LogP contribution in [0.1, 0.15) is 22.3 Å². The van der Waals surface area contributed by atoms with Crippen molar-refractivity contribution in [2.45, 2.75) is 15.2 Å². The van der Waals surface area contributed by atoms with Crippen LogP contribution >= 0.6 is 11.8 Å². The Hall–Kier alpha value is -7.99. The summed E-state index contributed by atoms with van der Waals surface area (Å²) in [5.41, 5.74) is 16.7. The average molecular weight is 833 g/mol. The first-order valence-electron chi connectivity index (χ1n) is 21.8. The fourth-order valence-electron chi connectivity index (χ4n) is 10.9. The Kier molecular flexibility index (Phi) is 7.51. The Morgan fingerprint density at radius 3 is 1.77 bits per heavy atom. The summed E-state index contributed by atoms with van der Waals surface area (Å²) in [6, 6.07) is 79.6. The largest absolute Gasteiger partial charge is 0.309 e. The number of hydrogen-bond acceptors (Lipinski definition) is 3. The molecule has 1 unspecified atom stereocenters. The van der Waals surface area contributed by atoms with E-state index in [0.29, 0.717) is 5.82 Å². The zero-order chi connectivity index (χ0) is 41.9. The Bertz CT molecular complexity index is 3830. The summed E-state index contributed by atoms with van der Waals surface area (Å²) in [6.07, 6.45) is 0. The van der Waals surface area contributed by atoms with Gasteiger partial charge >= 0.3 is 0 Å². The predicted octanol–water partition coefficient (Wildman–Crippen LogP) is 14.8. The summed E-state index contributed by atoms with van der Waals surface area (Å²) in [5, 5.41) is 5.02. The molecule has 12 aromatic rings. The van der Waals surface area contributed by atoms with Gasteiger partial charge in [0.05, 0.1) is 44.6 Å². The molecule has 4 nitrogen and oxygen atoms in total. The summed E-state index contributed by atoms with van der Waals surface area (Å²) in [7, 11) is 0. The molecule has 1 atom stereocenters. The second-order valence-electron chi connectivity index (χ2n) is 16.9. The molecule has 9 aromatic carbocycles. The molecule has 2 aliphatic heterocycles. The van der Waals surface area contributed by atoms with Crippen LogP contribution in [-0.2, 0) is 5.41 Å². The number of benzene rings is 9. The standard InChI is InChI=1S/C59H36N4S/c1-3-17-37(18-4-1)49-35-50(61-58(60-49)38-19-5-2-6-20-38)39-21-15-22-40(33-39)62-51-29-11-8-24-42(51)44-34-48-56(36-54(44)62)64-55-32-14-10-27-46(55)59(48)45-26-9-13-31-53(45)63-52-30-12-7-23-41(52)43-25-16-28-47(59)57(43)63/h1-36H. The lowest BCUT2D eigenvalue weighted by atomic mass is 9.62. The van der Waals surface area contributed by atoms with Crippen molar-refractivity contribution in [2.24, 2.45) is 0 Å². The summed E-state index contributed by atoms with van der Waals surface area (Å²) >= 11 is 1.89. The average Bonchev–Trinajstić information content (AvgIpc) is 3.88. The summed E-state index contributed by atoms with van der Waals surface area (Å²) in [4.78, 5) is 12.8. The minimum atomic E-state index is -0.561. The second-order valence-corrected chi connectivity index (χ2v) is 18.0. The predicted molar refractivity (Wildman–Crippen MR) is 263 cm³/mol. The molecule has 5 heteroatoms. The van der Waals surface area contributed by atoms with Crippen LogP contribution in [0.25, 0.3) is 88.9 Å². The van der Waals surface area contributed by atoms with Crippen LogP contribution in [-0.4, -0.2) is 19.1 Å². The van der Waals surface area contributed by atoms with Crippen molar-refractivity contribution >= 4 is 55.4 Å². The molecule has 64 heavy (non-hydrogen) atoms. The van der Waals surface area contributed by atoms with Gasteiger partial charge in [0.15, 0.2) is 5.82 Å². The third-order valence-electron chi connectivity index (χ3n) is 13.6. The highest BCUT2D eigenvalue weighted by molar-refractivity contribution is 7.99. The molecule has 0 radical (unpaired) electrons. The topological polar surface area (TPSA) is 35.6 Å². The van der Waals surface area contributed by atoms with E-state index in [1.165, 1.54) is 75.8 Å². The van der Waals surface area contributed by atoms with E-state index in [0.717, 1.165) is 39.3 Å². The highest BCUT2D eigenvalue weighted by Gasteiger charge is 2.49. The van der Waals surface area contributed by atoms with Crippen molar-refractivity contribution in [1.29, 1.82) is 0 Å². The van der Waals surface area contributed by atoms with Gasteiger partial charge in [0.2, 0.25) is 0 Å². The van der Waals surface area contributed by atoms with Gasteiger partial charge in [-0.05, 0) is 76.9 Å². The number of para-hydroxylation sites is 4. The van der Waals surface area contributed by atoms with Gasteiger partial charge < -0.3 is 9.13 Å². The molecule has 0 amide bonds. The lowest BCUT2D eigenvalue weighted by Gasteiger charge is -2.45. The zero-order valence-corrected chi connectivity index (χ0v) is 35.3. The summed E-state index contributed by atoms with van der Waals surface area (Å²) in [5.74, 6) is 0.706. The maximum atomic E-state index is 5.21. The van der Waals surface area contributed by atoms with Crippen LogP contribution in [0, 0.1) is 0 Å². The van der Waals surface area contributed by atoms with Crippen molar-refractivity contribution in [2.75, 3.05) is 0 Å². The zero-order valence-electron chi connectivity index (χ0n) is 34.5. The maximum Gasteiger partial charge on any atom is 0.160 e. The van der Waals surface area contributed by atoms with E-state index in [2.05, 4.69) is 203 Å². The summed E-state index contributed by atoms with van der Waals surface area (Å²) in [6.45, 7) is 0. The Morgan fingerprint density at radius 2 is 0.953 bits per heavy atom. The number of nitrogens with zero attached hydrogens (tertiary/aromatic N) is 4. The third-order valence-corrected chi connectivity index (χ3v) is 14.7. The first-order valence-corrected chi connectivity index (χ1v) is 22.6. The molecule has 0 aliphatic carbocycles. The lowest BCUT2D eigenvalue weighted by Crippen LogP contribution is -2.37. The van der Waals surface area contributed by atoms with Crippen molar-refractivity contribution < 1.29 is 0 Å². The van der Waals surface area contributed by atoms with Crippen LogP contribution in [0.2, 0.25) is 0 Å². The van der Waals surface area contributed by atoms with E-state index >= 15 is 0 Å². The van der Waals surface area contributed by atoms with Gasteiger partial charge in [-0.2, -0.15) is 0 Å². The molecule has 14 rings (SSSR count). The molecule has 0 bridgehead atoms. The molecule has 3 aromatic heterocycles. The quantitative estimate of drug-likeness (QED) is 0.177. The van der Waals surface area contributed by atoms with Gasteiger partial charge in [-0.15, -0.1) is 0 Å². The first-order chi connectivity index (χ1) is 31.7. The third kappa shape index (κ3) is 4.90. The van der Waals surface area contributed by atoms with E-state index in [-0.39, 0.29) is 0 Å². The van der Waals surface area contributed by atoms with Crippen LogP contribution in [0.15, 0.2) is 228 Å². The molecule has 0 saturated carbocycles. The molecule has 0 saturated heterocycles. The van der Waals surface area contributed by atoms with E-state index in [1.807, 2.05) is 36.0 Å². The van der Waals surface area contributed by atoms with E-state index in [4.69, 9.17) is 9.97 Å². The monoisotopic (exact) mass is 832 g/mol. The molecule has 0 fully saturated rings. The molecule has 5 heterocycles. The van der Waals surface area contributed by atoms with Crippen molar-refractivity contribution in [3.05, 3.63) is 241 Å². The molecule has 0 N–H and O–H groups in total. The van der Waals surface area contributed by atoms with Gasteiger partial charge in [0, 0.05) is 53.7 Å². The van der Waals surface area contributed by atoms with Gasteiger partial charge in [-0.1, -0.05) is 176 Å². The second kappa shape index (κ2) is 13.5. The Labute approximate surface area is 373 Å². The van der Waals surface area contributed by atoms with Crippen molar-refractivity contribution in [1.82, 2.24) is 19.1 Å². The number of fused-ring (bicyclic) bond motifs is 14. The van der Waals surface area contributed by atoms with Crippen LogP contribution < -0.4 is 0 Å². The molecule has 298 valence electrons. The highest BCUT2D eigenvalue weighted by atomic mass is 32.2. The maximum absolute atomic E-state index is 5.21. The molecule has 1 spiro atoms. The highest BCUT2D eigenvalue weighted by Crippen LogP contribution is 2.61. The SMILES string of the molecule is c1ccc(-c2cc(-c3cccc(-n4c5ccccc5c5cc6c(cc54)Sc4ccccc4C64c5ccccc5-n5c6ccccc6c6cccc4c65)c3)nc(-c3ccccc3)n2)cc1. The summed E-state index contributed by atoms with van der Waals surface area (Å²) < 4.78 is 4.97. The van der Waals surface area contributed by atoms with Gasteiger partial charge in [0.1, 0.15) is 0 Å². The van der Waals surface area contributed by atoms with E-state index < -0.39 is 5.41 Å². The van der Waals surface area contributed by atoms with Crippen LogP contribution in [0.5, 0.6) is 0 Å². The van der Waals surface area contributed by atoms with E-state index in [9.17, 15) is 0 Å². The molecular weight excluding hydrogens is 797 g/mol. The normalized spacial score (nSPS) is 14.9. The van der Waals surface area contributed by atoms with Crippen LogP contribution in [0.4, 0.5) is 0 Å². The number of aromatic nitrogens is 4. The Balaban J connectivity index is 1.03. The van der Waals surface area contributed by atoms with Gasteiger partial charge in [0.25, 0.3) is 0 Å². The minimum absolute atomic E-state index is 0.561. The van der Waals surface area contributed by atoms with Crippen molar-refractivity contribution in [3.8, 4) is 45.3 Å². The minimum Gasteiger partial charge on any atom is -0.309 e.